The summed E-state index contributed by atoms with van der Waals surface area (Å²) in [5, 5.41) is 8.29. The van der Waals surface area contributed by atoms with E-state index < -0.39 is 5.97 Å². The van der Waals surface area contributed by atoms with Gasteiger partial charge in [-0.1, -0.05) is 12.8 Å². The lowest BCUT2D eigenvalue weighted by Crippen LogP contribution is -2.02. The molecule has 1 rings (SSSR count). The smallest absolute Gasteiger partial charge is 0.336 e. The largest absolute Gasteiger partial charge is 0.478 e. The van der Waals surface area contributed by atoms with Gasteiger partial charge < -0.3 is 5.11 Å². The number of hydrogen-bond acceptors (Lipinski definition) is 1. The molecule has 1 radical (unpaired) electrons. The van der Waals surface area contributed by atoms with Crippen LogP contribution in [-0.2, 0) is 4.79 Å². The van der Waals surface area contributed by atoms with Crippen LogP contribution < -0.4 is 0 Å². The highest BCUT2D eigenvalue weighted by Gasteiger charge is 2.09. The molecule has 12 heavy (non-hydrogen) atoms. The topological polar surface area (TPSA) is 37.3 Å². The van der Waals surface area contributed by atoms with Gasteiger partial charge in [-0.2, -0.15) is 0 Å². The van der Waals surface area contributed by atoms with E-state index in [9.17, 15) is 4.79 Å². The zero-order valence-electron chi connectivity index (χ0n) is 6.99. The lowest BCUT2D eigenvalue weighted by Gasteiger charge is -2.16. The Labute approximate surface area is 72.6 Å². The molecule has 2 heteroatoms. The van der Waals surface area contributed by atoms with Crippen LogP contribution >= 0.6 is 0 Å². The van der Waals surface area contributed by atoms with Gasteiger partial charge in [0.15, 0.2) is 0 Å². The van der Waals surface area contributed by atoms with Crippen LogP contribution in [0.3, 0.4) is 0 Å². The van der Waals surface area contributed by atoms with E-state index in [1.807, 2.05) is 6.08 Å². The van der Waals surface area contributed by atoms with E-state index in [-0.39, 0.29) is 0 Å². The fraction of sp³-hybridized carbons (Fsp3) is 0.500. The summed E-state index contributed by atoms with van der Waals surface area (Å²) >= 11 is 0. The maximum atomic E-state index is 10.1. The molecule has 1 unspecified atom stereocenters. The first-order valence-corrected chi connectivity index (χ1v) is 4.28. The molecule has 1 atom stereocenters. The van der Waals surface area contributed by atoms with Crippen LogP contribution in [0, 0.1) is 12.3 Å². The predicted octanol–water partition coefficient (Wildman–Crippen LogP) is 2.18. The molecule has 0 bridgehead atoms. The number of carboxylic acids is 1. The van der Waals surface area contributed by atoms with Gasteiger partial charge in [0.25, 0.3) is 0 Å². The average molecular weight is 165 g/mol. The van der Waals surface area contributed by atoms with Crippen LogP contribution in [0.2, 0.25) is 0 Å². The molecule has 0 aliphatic heterocycles. The Morgan fingerprint density at radius 3 is 3.00 bits per heavy atom. The highest BCUT2D eigenvalue weighted by molar-refractivity contribution is 5.79. The van der Waals surface area contributed by atoms with Crippen LogP contribution in [0.1, 0.15) is 25.7 Å². The van der Waals surface area contributed by atoms with E-state index in [0.29, 0.717) is 5.92 Å². The highest BCUT2D eigenvalue weighted by Crippen LogP contribution is 2.22. The molecule has 0 amide bonds. The minimum atomic E-state index is -0.929. The monoisotopic (exact) mass is 165 g/mol. The molecule has 0 spiro atoms. The molecule has 1 N–H and O–H groups in total. The van der Waals surface area contributed by atoms with Gasteiger partial charge >= 0.3 is 5.97 Å². The molecule has 0 aromatic carbocycles. The van der Waals surface area contributed by atoms with E-state index in [0.717, 1.165) is 18.9 Å². The SMILES string of the molecule is O=C(O)C=C=CC1[CH]CCCC1. The minimum absolute atomic E-state index is 0.439. The molecule has 1 aliphatic carbocycles. The van der Waals surface area contributed by atoms with Gasteiger partial charge in [0.2, 0.25) is 0 Å². The number of aliphatic carboxylic acids is 1. The van der Waals surface area contributed by atoms with Crippen molar-refractivity contribution in [1.82, 2.24) is 0 Å². The molecule has 65 valence electrons. The van der Waals surface area contributed by atoms with Crippen molar-refractivity contribution in [3.8, 4) is 0 Å². The number of carbonyl (C=O) groups is 1. The normalized spacial score (nSPS) is 18.0. The Bertz CT molecular complexity index is 206. The van der Waals surface area contributed by atoms with Gasteiger partial charge in [-0.05, 0) is 31.3 Å². The molecule has 1 aliphatic rings. The van der Waals surface area contributed by atoms with Gasteiger partial charge in [-0.15, -0.1) is 5.73 Å². The maximum Gasteiger partial charge on any atom is 0.336 e. The summed E-state index contributed by atoms with van der Waals surface area (Å²) in [6, 6.07) is 0. The zero-order valence-corrected chi connectivity index (χ0v) is 6.99. The predicted molar refractivity (Wildman–Crippen MR) is 46.5 cm³/mol. The van der Waals surface area contributed by atoms with Gasteiger partial charge in [0.1, 0.15) is 0 Å². The Morgan fingerprint density at radius 2 is 2.42 bits per heavy atom. The Morgan fingerprint density at radius 1 is 1.58 bits per heavy atom. The number of rotatable bonds is 2. The van der Waals surface area contributed by atoms with E-state index in [1.165, 1.54) is 12.8 Å². The molecule has 0 aromatic rings. The molecule has 0 saturated heterocycles. The van der Waals surface area contributed by atoms with Crippen LogP contribution in [0.25, 0.3) is 0 Å². The van der Waals surface area contributed by atoms with Crippen molar-refractivity contribution in [2.45, 2.75) is 25.7 Å². The second-order valence-corrected chi connectivity index (χ2v) is 3.00. The van der Waals surface area contributed by atoms with Gasteiger partial charge in [-0.3, -0.25) is 0 Å². The summed E-state index contributed by atoms with van der Waals surface area (Å²) in [5.41, 5.74) is 2.67. The van der Waals surface area contributed by atoms with E-state index in [2.05, 4.69) is 12.2 Å². The summed E-state index contributed by atoms with van der Waals surface area (Å²) in [4.78, 5) is 10.1. The third kappa shape index (κ3) is 3.40. The molecule has 0 aromatic heterocycles. The first-order valence-electron chi connectivity index (χ1n) is 4.28. The van der Waals surface area contributed by atoms with Crippen molar-refractivity contribution in [1.29, 1.82) is 0 Å². The van der Waals surface area contributed by atoms with Crippen molar-refractivity contribution in [3.63, 3.8) is 0 Å². The van der Waals surface area contributed by atoms with Crippen LogP contribution in [0.15, 0.2) is 17.9 Å². The second kappa shape index (κ2) is 4.78. The lowest BCUT2D eigenvalue weighted by molar-refractivity contribution is -0.131. The molecule has 2 nitrogen and oxygen atoms in total. The average Bonchev–Trinajstić information content (AvgIpc) is 2.05. The first kappa shape index (κ1) is 9.08. The van der Waals surface area contributed by atoms with Gasteiger partial charge in [-0.25, -0.2) is 4.79 Å². The van der Waals surface area contributed by atoms with Crippen molar-refractivity contribution in [2.24, 2.45) is 5.92 Å². The minimum Gasteiger partial charge on any atom is -0.478 e. The Kier molecular flexibility index (Phi) is 3.62. The molecule has 1 fully saturated rings. The first-order chi connectivity index (χ1) is 5.79. The molecular formula is C10H13O2. The van der Waals surface area contributed by atoms with Crippen molar-refractivity contribution < 1.29 is 9.90 Å². The third-order valence-corrected chi connectivity index (χ3v) is 1.98. The summed E-state index contributed by atoms with van der Waals surface area (Å²) in [6.45, 7) is 0. The summed E-state index contributed by atoms with van der Waals surface area (Å²) in [6.07, 6.45) is 9.93. The number of hydrogen-bond donors (Lipinski definition) is 1. The lowest BCUT2D eigenvalue weighted by atomic mass is 9.89. The summed E-state index contributed by atoms with van der Waals surface area (Å²) in [5.74, 6) is -0.489. The van der Waals surface area contributed by atoms with Crippen molar-refractivity contribution >= 4 is 5.97 Å². The van der Waals surface area contributed by atoms with E-state index in [1.54, 1.807) is 0 Å². The molecule has 1 saturated carbocycles. The van der Waals surface area contributed by atoms with Crippen LogP contribution in [0.5, 0.6) is 0 Å². The third-order valence-electron chi connectivity index (χ3n) is 1.98. The number of carboxylic acid groups (broad SMARTS) is 1. The quantitative estimate of drug-likeness (QED) is 0.503. The van der Waals surface area contributed by atoms with Gasteiger partial charge in [0, 0.05) is 0 Å². The standard InChI is InChI=1S/C10H13O2/c11-10(12)8-4-7-9-5-2-1-3-6-9/h5,7-9H,1-3,6H2,(H,11,12). The maximum absolute atomic E-state index is 10.1. The molecule has 0 heterocycles. The molecular weight excluding hydrogens is 152 g/mol. The van der Waals surface area contributed by atoms with E-state index >= 15 is 0 Å². The fourth-order valence-electron chi connectivity index (χ4n) is 1.37. The van der Waals surface area contributed by atoms with Crippen LogP contribution in [0.4, 0.5) is 0 Å². The van der Waals surface area contributed by atoms with Gasteiger partial charge in [0.05, 0.1) is 6.08 Å². The van der Waals surface area contributed by atoms with E-state index in [4.69, 9.17) is 5.11 Å². The highest BCUT2D eigenvalue weighted by atomic mass is 16.4. The van der Waals surface area contributed by atoms with Crippen molar-refractivity contribution in [2.75, 3.05) is 0 Å². The summed E-state index contributed by atoms with van der Waals surface area (Å²) in [7, 11) is 0. The second-order valence-electron chi connectivity index (χ2n) is 3.00. The summed E-state index contributed by atoms with van der Waals surface area (Å²) < 4.78 is 0. The van der Waals surface area contributed by atoms with Crippen molar-refractivity contribution in [3.05, 3.63) is 24.3 Å². The zero-order chi connectivity index (χ0) is 8.81. The van der Waals surface area contributed by atoms with Crippen LogP contribution in [-0.4, -0.2) is 11.1 Å². The Balaban J connectivity index is 2.38. The fourth-order valence-corrected chi connectivity index (χ4v) is 1.37. The Hall–Kier alpha value is -1.01.